The van der Waals surface area contributed by atoms with E-state index < -0.39 is 0 Å². The molecule has 2 aromatic carbocycles. The third-order valence-electron chi connectivity index (χ3n) is 3.46. The summed E-state index contributed by atoms with van der Waals surface area (Å²) < 4.78 is 4.89. The van der Waals surface area contributed by atoms with Crippen LogP contribution in [0, 0.1) is 12.3 Å². The van der Waals surface area contributed by atoms with Crippen LogP contribution in [0.4, 0.5) is 0 Å². The minimum atomic E-state index is 0. The van der Waals surface area contributed by atoms with Crippen LogP contribution in [0.15, 0.2) is 65.2 Å². The summed E-state index contributed by atoms with van der Waals surface area (Å²) in [6, 6.07) is 23.6. The zero-order valence-corrected chi connectivity index (χ0v) is 18.2. The molecule has 3 aromatic rings. The van der Waals surface area contributed by atoms with Crippen LogP contribution in [0.5, 0.6) is 0 Å². The van der Waals surface area contributed by atoms with Gasteiger partial charge in [0, 0.05) is 0 Å². The van der Waals surface area contributed by atoms with Gasteiger partial charge in [-0.3, -0.25) is 0 Å². The first-order chi connectivity index (χ1) is 11.1. The van der Waals surface area contributed by atoms with E-state index in [0.29, 0.717) is 0 Å². The van der Waals surface area contributed by atoms with Crippen molar-refractivity contribution in [3.8, 4) is 0 Å². The largest absolute Gasteiger partial charge is 1.00 e. The Morgan fingerprint density at radius 2 is 1.50 bits per heavy atom. The molecule has 0 spiro atoms. The molecule has 0 unspecified atom stereocenters. The van der Waals surface area contributed by atoms with E-state index in [1.165, 1.54) is 11.1 Å². The molecule has 1 aromatic heterocycles. The molecule has 0 radical (unpaired) electrons. The van der Waals surface area contributed by atoms with Gasteiger partial charge in [-0.25, -0.2) is 5.16 Å². The molecule has 0 atom stereocenters. The van der Waals surface area contributed by atoms with Crippen molar-refractivity contribution in [1.82, 2.24) is 5.16 Å². The second kappa shape index (κ2) is 11.0. The minimum Gasteiger partial charge on any atom is -0.470 e. The van der Waals surface area contributed by atoms with Gasteiger partial charge < -0.3 is 4.52 Å². The maximum Gasteiger partial charge on any atom is 1.00 e. The predicted octanol–water partition coefficient (Wildman–Crippen LogP) is 2.05. The van der Waals surface area contributed by atoms with E-state index in [1.807, 2.05) is 12.1 Å². The topological polar surface area (TPSA) is 26.0 Å². The Kier molecular flexibility index (Phi) is 9.78. The summed E-state index contributed by atoms with van der Waals surface area (Å²) in [4.78, 5) is 0. The third-order valence-corrected chi connectivity index (χ3v) is 3.46. The van der Waals surface area contributed by atoms with E-state index in [4.69, 9.17) is 4.52 Å². The van der Waals surface area contributed by atoms with Gasteiger partial charge in [0.05, 0.1) is 0 Å². The number of hydrogen-bond donors (Lipinski definition) is 0. The Morgan fingerprint density at radius 1 is 0.917 bits per heavy atom. The number of aromatic nitrogens is 1. The van der Waals surface area contributed by atoms with Crippen molar-refractivity contribution in [1.29, 1.82) is 0 Å². The van der Waals surface area contributed by atoms with Gasteiger partial charge in [-0.05, 0) is 29.6 Å². The fourth-order valence-electron chi connectivity index (χ4n) is 2.06. The fraction of sp³-hybridized carbons (Fsp3) is 0.286. The first-order valence-electron chi connectivity index (χ1n) is 7.88. The average molecular weight is 345 g/mol. The minimum absolute atomic E-state index is 0. The van der Waals surface area contributed by atoms with Gasteiger partial charge in [-0.2, -0.15) is 42.0 Å². The Hall–Kier alpha value is -0.714. The molecular formula is C21H23KNO-. The SMILES string of the molecule is CC(C)(C)c1c[c-]no1.[K+].[c-]1ccc(CCc2ccccc2)cc1. The molecule has 3 rings (SSSR count). The van der Waals surface area contributed by atoms with Crippen molar-refractivity contribution >= 4 is 0 Å². The Labute approximate surface area is 188 Å². The van der Waals surface area contributed by atoms with Gasteiger partial charge in [0.25, 0.3) is 0 Å². The molecule has 0 saturated carbocycles. The molecule has 3 heteroatoms. The Morgan fingerprint density at radius 3 is 1.96 bits per heavy atom. The summed E-state index contributed by atoms with van der Waals surface area (Å²) in [5.74, 6) is 0.877. The van der Waals surface area contributed by atoms with Crippen molar-refractivity contribution < 1.29 is 55.9 Å². The smallest absolute Gasteiger partial charge is 0.470 e. The molecule has 24 heavy (non-hydrogen) atoms. The van der Waals surface area contributed by atoms with Gasteiger partial charge in [0.1, 0.15) is 0 Å². The summed E-state index contributed by atoms with van der Waals surface area (Å²) in [5.41, 5.74) is 2.85. The van der Waals surface area contributed by atoms with Crippen LogP contribution >= 0.6 is 0 Å². The molecular weight excluding hydrogens is 321 g/mol. The summed E-state index contributed by atoms with van der Waals surface area (Å²) in [7, 11) is 0. The normalized spacial score (nSPS) is 10.3. The van der Waals surface area contributed by atoms with Crippen LogP contribution in [-0.4, -0.2) is 5.16 Å². The molecule has 0 aliphatic heterocycles. The van der Waals surface area contributed by atoms with Crippen LogP contribution in [-0.2, 0) is 18.3 Å². The van der Waals surface area contributed by atoms with Gasteiger partial charge in [-0.1, -0.05) is 51.1 Å². The van der Waals surface area contributed by atoms with E-state index in [0.717, 1.165) is 18.6 Å². The second-order valence-corrected chi connectivity index (χ2v) is 6.46. The van der Waals surface area contributed by atoms with Crippen molar-refractivity contribution in [3.05, 3.63) is 89.8 Å². The van der Waals surface area contributed by atoms with E-state index >= 15 is 0 Å². The monoisotopic (exact) mass is 344 g/mol. The molecule has 0 fully saturated rings. The molecule has 0 amide bonds. The van der Waals surface area contributed by atoms with Crippen LogP contribution in [0.1, 0.15) is 37.7 Å². The van der Waals surface area contributed by atoms with Crippen molar-refractivity contribution in [2.45, 2.75) is 39.0 Å². The van der Waals surface area contributed by atoms with Gasteiger partial charge in [0.2, 0.25) is 0 Å². The number of benzene rings is 2. The van der Waals surface area contributed by atoms with Crippen molar-refractivity contribution in [2.75, 3.05) is 0 Å². The molecule has 0 aliphatic carbocycles. The Bertz CT molecular complexity index is 619. The van der Waals surface area contributed by atoms with E-state index in [-0.39, 0.29) is 56.8 Å². The van der Waals surface area contributed by atoms with Crippen molar-refractivity contribution in [2.24, 2.45) is 0 Å². The van der Waals surface area contributed by atoms with Crippen LogP contribution in [0.3, 0.4) is 0 Å². The second-order valence-electron chi connectivity index (χ2n) is 6.46. The molecule has 0 aliphatic rings. The first-order valence-corrected chi connectivity index (χ1v) is 7.88. The summed E-state index contributed by atoms with van der Waals surface area (Å²) in [6.07, 6.45) is 4.85. The van der Waals surface area contributed by atoms with E-state index in [9.17, 15) is 0 Å². The molecule has 0 N–H and O–H groups in total. The zero-order valence-electron chi connectivity index (χ0n) is 15.0. The molecule has 0 saturated heterocycles. The maximum absolute atomic E-state index is 4.89. The van der Waals surface area contributed by atoms with Crippen molar-refractivity contribution in [3.63, 3.8) is 0 Å². The van der Waals surface area contributed by atoms with Crippen LogP contribution in [0.2, 0.25) is 0 Å². The predicted molar refractivity (Wildman–Crippen MR) is 93.2 cm³/mol. The first kappa shape index (κ1) is 21.3. The summed E-state index contributed by atoms with van der Waals surface area (Å²) in [5, 5.41) is 3.49. The van der Waals surface area contributed by atoms with E-state index in [2.05, 4.69) is 80.7 Å². The standard InChI is InChI=1S/C14H13.C7H10NO.K/c1-3-7-13(8-4-1)11-12-14-9-5-2-6-10-14;1-7(2,3)6-4-5-8-9-6;/h1,3-10H,11-12H2;4H,1-3H3;/q2*-1;+1. The van der Waals surface area contributed by atoms with Gasteiger partial charge in [0.15, 0.2) is 0 Å². The van der Waals surface area contributed by atoms with Gasteiger partial charge >= 0.3 is 51.4 Å². The average Bonchev–Trinajstić information content (AvgIpc) is 3.10. The van der Waals surface area contributed by atoms with Crippen LogP contribution in [0.25, 0.3) is 0 Å². The molecule has 120 valence electrons. The summed E-state index contributed by atoms with van der Waals surface area (Å²) in [6.45, 7) is 6.21. The third kappa shape index (κ3) is 7.91. The Balaban J connectivity index is 0.000000252. The molecule has 2 nitrogen and oxygen atoms in total. The van der Waals surface area contributed by atoms with E-state index in [1.54, 1.807) is 6.07 Å². The van der Waals surface area contributed by atoms with Gasteiger partial charge in [-0.15, -0.1) is 6.20 Å². The maximum atomic E-state index is 4.89. The fourth-order valence-corrected chi connectivity index (χ4v) is 2.06. The number of nitrogens with zero attached hydrogens (tertiary/aromatic N) is 1. The quantitative estimate of drug-likeness (QED) is 0.537. The molecule has 0 bridgehead atoms. The summed E-state index contributed by atoms with van der Waals surface area (Å²) >= 11 is 0. The van der Waals surface area contributed by atoms with Crippen LogP contribution < -0.4 is 51.4 Å². The number of aryl methyl sites for hydroxylation is 2. The number of rotatable bonds is 3. The molecule has 1 heterocycles. The number of hydrogen-bond acceptors (Lipinski definition) is 2. The zero-order chi connectivity index (χ0) is 16.5.